The third-order valence-corrected chi connectivity index (χ3v) is 6.57. The lowest BCUT2D eigenvalue weighted by Gasteiger charge is -2.59. The highest BCUT2D eigenvalue weighted by atomic mass is 127. The molecule has 2 rings (SSSR count). The van der Waals surface area contributed by atoms with E-state index in [1.165, 1.54) is 45.3 Å². The SMILES string of the molecule is CCCCN1CCC(NC(=NC)NC2CC(C)(OC)C2(C)C)CC1.I. The van der Waals surface area contributed by atoms with E-state index < -0.39 is 0 Å². The fourth-order valence-electron chi connectivity index (χ4n) is 3.93. The highest BCUT2D eigenvalue weighted by Gasteiger charge is 2.58. The van der Waals surface area contributed by atoms with Crippen molar-refractivity contribution in [2.24, 2.45) is 10.4 Å². The lowest BCUT2D eigenvalue weighted by atomic mass is 9.56. The molecule has 1 saturated carbocycles. The predicted octanol–water partition coefficient (Wildman–Crippen LogP) is 3.24. The Morgan fingerprint density at radius 3 is 2.32 bits per heavy atom. The highest BCUT2D eigenvalue weighted by Crippen LogP contribution is 2.51. The Hall–Kier alpha value is -0.0800. The standard InChI is InChI=1S/C19H38N4O.HI/c1-7-8-11-23-12-9-15(10-13-23)21-17(20-5)22-16-14-19(4,24-6)18(16,2)3;/h15-16H,7-14H2,1-6H3,(H2,20,21,22);1H. The average molecular weight is 466 g/mol. The molecule has 2 aliphatic rings. The first-order valence-electron chi connectivity index (χ1n) is 9.63. The van der Waals surface area contributed by atoms with Gasteiger partial charge in [0, 0.05) is 44.7 Å². The first-order chi connectivity index (χ1) is 11.4. The molecule has 0 aromatic rings. The number of ether oxygens (including phenoxy) is 1. The van der Waals surface area contributed by atoms with Crippen molar-refractivity contribution in [2.75, 3.05) is 33.8 Å². The molecule has 2 atom stereocenters. The fraction of sp³-hybridized carbons (Fsp3) is 0.947. The molecule has 1 saturated heterocycles. The summed E-state index contributed by atoms with van der Waals surface area (Å²) in [5.41, 5.74) is 0.0526. The van der Waals surface area contributed by atoms with Gasteiger partial charge in [0.2, 0.25) is 0 Å². The van der Waals surface area contributed by atoms with Crippen molar-refractivity contribution in [1.29, 1.82) is 0 Å². The molecule has 5 nitrogen and oxygen atoms in total. The average Bonchev–Trinajstić information content (AvgIpc) is 2.59. The Balaban J connectivity index is 0.00000312. The molecule has 0 amide bonds. The van der Waals surface area contributed by atoms with E-state index in [-0.39, 0.29) is 35.0 Å². The molecule has 2 N–H and O–H groups in total. The maximum absolute atomic E-state index is 5.72. The minimum Gasteiger partial charge on any atom is -0.378 e. The van der Waals surface area contributed by atoms with Crippen LogP contribution < -0.4 is 10.6 Å². The summed E-state index contributed by atoms with van der Waals surface area (Å²) in [5.74, 6) is 0.943. The number of nitrogens with one attached hydrogen (secondary N) is 2. The number of unbranched alkanes of at least 4 members (excludes halogenated alkanes) is 1. The van der Waals surface area contributed by atoms with Crippen LogP contribution >= 0.6 is 24.0 Å². The molecule has 2 fully saturated rings. The molecule has 0 spiro atoms. The van der Waals surface area contributed by atoms with Gasteiger partial charge in [-0.15, -0.1) is 24.0 Å². The van der Waals surface area contributed by atoms with Crippen LogP contribution in [0.3, 0.4) is 0 Å². The number of guanidine groups is 1. The van der Waals surface area contributed by atoms with Gasteiger partial charge < -0.3 is 20.3 Å². The number of halogens is 1. The molecule has 25 heavy (non-hydrogen) atoms. The summed E-state index contributed by atoms with van der Waals surface area (Å²) in [5, 5.41) is 7.26. The first-order valence-corrected chi connectivity index (χ1v) is 9.63. The highest BCUT2D eigenvalue weighted by molar-refractivity contribution is 14.0. The third-order valence-electron chi connectivity index (χ3n) is 6.57. The molecule has 148 valence electrons. The minimum atomic E-state index is -0.0475. The molecule has 0 aromatic heterocycles. The Labute approximate surface area is 171 Å². The van der Waals surface area contributed by atoms with Crippen LogP contribution in [0.5, 0.6) is 0 Å². The van der Waals surface area contributed by atoms with E-state index in [2.05, 4.69) is 48.2 Å². The Morgan fingerprint density at radius 2 is 1.84 bits per heavy atom. The molecule has 0 bridgehead atoms. The number of aliphatic imine (C=N–C) groups is 1. The van der Waals surface area contributed by atoms with Crippen LogP contribution in [-0.2, 0) is 4.74 Å². The summed E-state index contributed by atoms with van der Waals surface area (Å²) in [7, 11) is 3.68. The van der Waals surface area contributed by atoms with Crippen LogP contribution in [-0.4, -0.2) is 62.3 Å². The zero-order chi connectivity index (χ0) is 17.8. The molecule has 1 heterocycles. The Morgan fingerprint density at radius 1 is 1.20 bits per heavy atom. The topological polar surface area (TPSA) is 48.9 Å². The van der Waals surface area contributed by atoms with Gasteiger partial charge in [-0.05, 0) is 39.2 Å². The van der Waals surface area contributed by atoms with Gasteiger partial charge in [0.1, 0.15) is 0 Å². The van der Waals surface area contributed by atoms with Crippen molar-refractivity contribution in [2.45, 2.75) is 77.5 Å². The number of rotatable bonds is 6. The fourth-order valence-corrected chi connectivity index (χ4v) is 3.93. The van der Waals surface area contributed by atoms with Crippen LogP contribution in [0.4, 0.5) is 0 Å². The van der Waals surface area contributed by atoms with Gasteiger partial charge in [-0.1, -0.05) is 27.2 Å². The number of hydrogen-bond acceptors (Lipinski definition) is 3. The van der Waals surface area contributed by atoms with Crippen molar-refractivity contribution in [3.05, 3.63) is 0 Å². The maximum Gasteiger partial charge on any atom is 0.191 e. The lowest BCUT2D eigenvalue weighted by Crippen LogP contribution is -2.69. The number of piperidine rings is 1. The predicted molar refractivity (Wildman–Crippen MR) is 117 cm³/mol. The molecule has 1 aliphatic heterocycles. The third kappa shape index (κ3) is 5.22. The summed E-state index contributed by atoms with van der Waals surface area (Å²) >= 11 is 0. The number of methoxy groups -OCH3 is 1. The van der Waals surface area contributed by atoms with Gasteiger partial charge in [0.05, 0.1) is 5.60 Å². The van der Waals surface area contributed by atoms with Gasteiger partial charge in [-0.2, -0.15) is 0 Å². The van der Waals surface area contributed by atoms with E-state index in [0.29, 0.717) is 12.1 Å². The summed E-state index contributed by atoms with van der Waals surface area (Å²) in [6, 6.07) is 0.935. The van der Waals surface area contributed by atoms with Crippen LogP contribution in [0.2, 0.25) is 0 Å². The lowest BCUT2D eigenvalue weighted by molar-refractivity contribution is -0.176. The van der Waals surface area contributed by atoms with Crippen molar-refractivity contribution in [3.8, 4) is 0 Å². The monoisotopic (exact) mass is 466 g/mol. The largest absolute Gasteiger partial charge is 0.378 e. The first kappa shape index (κ1) is 23.0. The summed E-state index contributed by atoms with van der Waals surface area (Å²) < 4.78 is 5.72. The summed E-state index contributed by atoms with van der Waals surface area (Å²) in [6.07, 6.45) is 6.03. The normalized spacial score (nSPS) is 30.3. The van der Waals surface area contributed by atoms with Gasteiger partial charge in [-0.25, -0.2) is 0 Å². The molecule has 1 aliphatic carbocycles. The van der Waals surface area contributed by atoms with Gasteiger partial charge in [0.15, 0.2) is 5.96 Å². The second kappa shape index (κ2) is 9.74. The number of nitrogens with zero attached hydrogens (tertiary/aromatic N) is 2. The van der Waals surface area contributed by atoms with E-state index in [0.717, 1.165) is 12.4 Å². The summed E-state index contributed by atoms with van der Waals surface area (Å²) in [4.78, 5) is 7.05. The minimum absolute atomic E-state index is 0. The van der Waals surface area contributed by atoms with Gasteiger partial charge in [0.25, 0.3) is 0 Å². The van der Waals surface area contributed by atoms with E-state index in [1.54, 1.807) is 0 Å². The van der Waals surface area contributed by atoms with Crippen LogP contribution in [0.1, 0.15) is 59.8 Å². The number of likely N-dealkylation sites (tertiary alicyclic amines) is 1. The van der Waals surface area contributed by atoms with Crippen molar-refractivity contribution < 1.29 is 4.74 Å². The van der Waals surface area contributed by atoms with Crippen LogP contribution in [0.25, 0.3) is 0 Å². The van der Waals surface area contributed by atoms with Crippen molar-refractivity contribution in [3.63, 3.8) is 0 Å². The molecule has 0 aromatic carbocycles. The molecular weight excluding hydrogens is 427 g/mol. The zero-order valence-corrected chi connectivity index (χ0v) is 19.4. The number of hydrogen-bond donors (Lipinski definition) is 2. The van der Waals surface area contributed by atoms with Gasteiger partial charge >= 0.3 is 0 Å². The van der Waals surface area contributed by atoms with Crippen LogP contribution in [0.15, 0.2) is 4.99 Å². The van der Waals surface area contributed by atoms with E-state index in [9.17, 15) is 0 Å². The Kier molecular flexibility index (Phi) is 8.94. The van der Waals surface area contributed by atoms with E-state index in [4.69, 9.17) is 4.74 Å². The summed E-state index contributed by atoms with van der Waals surface area (Å²) in [6.45, 7) is 12.7. The van der Waals surface area contributed by atoms with Crippen LogP contribution in [0, 0.1) is 5.41 Å². The maximum atomic E-state index is 5.72. The molecule has 6 heteroatoms. The van der Waals surface area contributed by atoms with Crippen molar-refractivity contribution in [1.82, 2.24) is 15.5 Å². The molecule has 2 unspecified atom stereocenters. The van der Waals surface area contributed by atoms with Crippen molar-refractivity contribution >= 4 is 29.9 Å². The smallest absolute Gasteiger partial charge is 0.191 e. The quantitative estimate of drug-likeness (QED) is 0.359. The van der Waals surface area contributed by atoms with E-state index in [1.807, 2.05) is 14.2 Å². The molecule has 0 radical (unpaired) electrons. The molecular formula is C19H39IN4O. The second-order valence-corrected chi connectivity index (χ2v) is 8.24. The van der Waals surface area contributed by atoms with E-state index >= 15 is 0 Å². The Bertz CT molecular complexity index is 435. The van der Waals surface area contributed by atoms with Gasteiger partial charge in [-0.3, -0.25) is 4.99 Å². The zero-order valence-electron chi connectivity index (χ0n) is 17.0. The second-order valence-electron chi connectivity index (χ2n) is 8.24.